The molecule has 1 unspecified atom stereocenters. The van der Waals surface area contributed by atoms with Gasteiger partial charge in [-0.2, -0.15) is 0 Å². The SMILES string of the molecule is CC1COc2ccc(C(C)C)cc2C1=O. The van der Waals surface area contributed by atoms with Crippen LogP contribution >= 0.6 is 0 Å². The van der Waals surface area contributed by atoms with Gasteiger partial charge in [0.05, 0.1) is 18.1 Å². The number of benzene rings is 1. The minimum absolute atomic E-state index is 0.0140. The van der Waals surface area contributed by atoms with Gasteiger partial charge in [0.2, 0.25) is 0 Å². The van der Waals surface area contributed by atoms with Crippen LogP contribution in [0.25, 0.3) is 0 Å². The van der Waals surface area contributed by atoms with Crippen LogP contribution in [0.2, 0.25) is 0 Å². The second kappa shape index (κ2) is 3.69. The molecule has 0 radical (unpaired) electrons. The maximum Gasteiger partial charge on any atom is 0.172 e. The maximum absolute atomic E-state index is 11.9. The van der Waals surface area contributed by atoms with Crippen molar-refractivity contribution in [1.82, 2.24) is 0 Å². The second-order valence-electron chi connectivity index (χ2n) is 4.49. The average molecular weight is 204 g/mol. The fraction of sp³-hybridized carbons (Fsp3) is 0.462. The van der Waals surface area contributed by atoms with Crippen LogP contribution in [0.4, 0.5) is 0 Å². The summed E-state index contributed by atoms with van der Waals surface area (Å²) < 4.78 is 5.52. The van der Waals surface area contributed by atoms with Crippen molar-refractivity contribution in [3.8, 4) is 5.75 Å². The molecule has 1 aromatic rings. The number of carbonyl (C=O) groups is 1. The van der Waals surface area contributed by atoms with Gasteiger partial charge in [-0.25, -0.2) is 0 Å². The lowest BCUT2D eigenvalue weighted by Crippen LogP contribution is -2.25. The van der Waals surface area contributed by atoms with E-state index in [9.17, 15) is 4.79 Å². The van der Waals surface area contributed by atoms with Crippen molar-refractivity contribution < 1.29 is 9.53 Å². The largest absolute Gasteiger partial charge is 0.492 e. The standard InChI is InChI=1S/C13H16O2/c1-8(2)10-4-5-12-11(6-10)13(14)9(3)7-15-12/h4-6,8-9H,7H2,1-3H3. The van der Waals surface area contributed by atoms with E-state index in [1.54, 1.807) is 0 Å². The first kappa shape index (κ1) is 10.2. The highest BCUT2D eigenvalue weighted by atomic mass is 16.5. The molecule has 80 valence electrons. The Morgan fingerprint density at radius 2 is 2.13 bits per heavy atom. The van der Waals surface area contributed by atoms with Crippen molar-refractivity contribution >= 4 is 5.78 Å². The molecule has 0 N–H and O–H groups in total. The highest BCUT2D eigenvalue weighted by Gasteiger charge is 2.25. The number of ketones is 1. The monoisotopic (exact) mass is 204 g/mol. The van der Waals surface area contributed by atoms with Gasteiger partial charge in [-0.05, 0) is 23.6 Å². The van der Waals surface area contributed by atoms with Crippen molar-refractivity contribution in [3.63, 3.8) is 0 Å². The zero-order chi connectivity index (χ0) is 11.0. The van der Waals surface area contributed by atoms with Crippen molar-refractivity contribution in [2.75, 3.05) is 6.61 Å². The third-order valence-corrected chi connectivity index (χ3v) is 2.87. The molecule has 0 aliphatic carbocycles. The summed E-state index contributed by atoms with van der Waals surface area (Å²) in [5, 5.41) is 0. The molecule has 1 aromatic carbocycles. The minimum Gasteiger partial charge on any atom is -0.492 e. The van der Waals surface area contributed by atoms with Gasteiger partial charge in [0.15, 0.2) is 5.78 Å². The van der Waals surface area contributed by atoms with E-state index in [0.29, 0.717) is 12.5 Å². The van der Waals surface area contributed by atoms with Crippen LogP contribution in [-0.4, -0.2) is 12.4 Å². The Morgan fingerprint density at radius 3 is 2.80 bits per heavy atom. The highest BCUT2D eigenvalue weighted by molar-refractivity contribution is 6.01. The van der Waals surface area contributed by atoms with Crippen LogP contribution in [0.5, 0.6) is 5.75 Å². The van der Waals surface area contributed by atoms with Crippen LogP contribution in [0.1, 0.15) is 42.6 Å². The van der Waals surface area contributed by atoms with Crippen LogP contribution in [0.15, 0.2) is 18.2 Å². The fourth-order valence-electron chi connectivity index (χ4n) is 1.78. The number of fused-ring (bicyclic) bond motifs is 1. The summed E-state index contributed by atoms with van der Waals surface area (Å²) in [6.45, 7) is 6.67. The van der Waals surface area contributed by atoms with E-state index >= 15 is 0 Å². The van der Waals surface area contributed by atoms with Gasteiger partial charge < -0.3 is 4.74 Å². The molecule has 0 saturated heterocycles. The molecular weight excluding hydrogens is 188 g/mol. The lowest BCUT2D eigenvalue weighted by atomic mass is 9.92. The van der Waals surface area contributed by atoms with Crippen molar-refractivity contribution in [2.45, 2.75) is 26.7 Å². The quantitative estimate of drug-likeness (QED) is 0.702. The lowest BCUT2D eigenvalue weighted by molar-refractivity contribution is 0.0848. The topological polar surface area (TPSA) is 26.3 Å². The Balaban J connectivity index is 2.46. The molecule has 1 heterocycles. The lowest BCUT2D eigenvalue weighted by Gasteiger charge is -2.22. The summed E-state index contributed by atoms with van der Waals surface area (Å²) in [7, 11) is 0. The Labute approximate surface area is 90.3 Å². The summed E-state index contributed by atoms with van der Waals surface area (Å²) in [6.07, 6.45) is 0. The van der Waals surface area contributed by atoms with Gasteiger partial charge in [0.25, 0.3) is 0 Å². The Bertz CT molecular complexity index is 394. The number of carbonyl (C=O) groups excluding carboxylic acids is 1. The van der Waals surface area contributed by atoms with Gasteiger partial charge in [-0.1, -0.05) is 26.8 Å². The summed E-state index contributed by atoms with van der Waals surface area (Å²) in [5.74, 6) is 1.38. The molecule has 0 aromatic heterocycles. The zero-order valence-electron chi connectivity index (χ0n) is 9.41. The first-order valence-corrected chi connectivity index (χ1v) is 5.40. The van der Waals surface area contributed by atoms with E-state index in [1.807, 2.05) is 25.1 Å². The molecule has 0 fully saturated rings. The van der Waals surface area contributed by atoms with E-state index < -0.39 is 0 Å². The predicted octanol–water partition coefficient (Wildman–Crippen LogP) is 3.02. The molecule has 0 bridgehead atoms. The molecule has 0 spiro atoms. The van der Waals surface area contributed by atoms with Gasteiger partial charge in [-0.15, -0.1) is 0 Å². The number of ether oxygens (including phenoxy) is 1. The molecule has 2 rings (SSSR count). The number of hydrogen-bond donors (Lipinski definition) is 0. The van der Waals surface area contributed by atoms with E-state index in [0.717, 1.165) is 11.3 Å². The molecule has 0 saturated carbocycles. The third-order valence-electron chi connectivity index (χ3n) is 2.87. The van der Waals surface area contributed by atoms with Gasteiger partial charge in [-0.3, -0.25) is 4.79 Å². The normalized spacial score (nSPS) is 20.0. The average Bonchev–Trinajstić information content (AvgIpc) is 2.23. The molecular formula is C13H16O2. The molecule has 2 nitrogen and oxygen atoms in total. The van der Waals surface area contributed by atoms with Crippen LogP contribution in [-0.2, 0) is 0 Å². The van der Waals surface area contributed by atoms with E-state index in [4.69, 9.17) is 4.74 Å². The molecule has 1 atom stereocenters. The van der Waals surface area contributed by atoms with Crippen LogP contribution < -0.4 is 4.74 Å². The first-order valence-electron chi connectivity index (χ1n) is 5.40. The maximum atomic E-state index is 11.9. The van der Waals surface area contributed by atoms with E-state index in [2.05, 4.69) is 13.8 Å². The van der Waals surface area contributed by atoms with Crippen molar-refractivity contribution in [1.29, 1.82) is 0 Å². The van der Waals surface area contributed by atoms with Crippen LogP contribution in [0.3, 0.4) is 0 Å². The first-order chi connectivity index (χ1) is 7.09. The Morgan fingerprint density at radius 1 is 1.40 bits per heavy atom. The molecule has 0 amide bonds. The number of Topliss-reactive ketones (excluding diaryl/α,β-unsaturated/α-hetero) is 1. The van der Waals surface area contributed by atoms with Gasteiger partial charge in [0.1, 0.15) is 5.75 Å². The second-order valence-corrected chi connectivity index (χ2v) is 4.49. The Hall–Kier alpha value is -1.31. The smallest absolute Gasteiger partial charge is 0.172 e. The minimum atomic E-state index is -0.0140. The van der Waals surface area contributed by atoms with Crippen molar-refractivity contribution in [2.24, 2.45) is 5.92 Å². The predicted molar refractivity (Wildman–Crippen MR) is 59.5 cm³/mol. The summed E-state index contributed by atoms with van der Waals surface area (Å²) in [5.41, 5.74) is 1.94. The summed E-state index contributed by atoms with van der Waals surface area (Å²) >= 11 is 0. The van der Waals surface area contributed by atoms with Crippen molar-refractivity contribution in [3.05, 3.63) is 29.3 Å². The van der Waals surface area contributed by atoms with Crippen LogP contribution in [0, 0.1) is 5.92 Å². The number of rotatable bonds is 1. The molecule has 2 heteroatoms. The summed E-state index contributed by atoms with van der Waals surface area (Å²) in [4.78, 5) is 11.9. The molecule has 1 aliphatic rings. The van der Waals surface area contributed by atoms with E-state index in [1.165, 1.54) is 5.56 Å². The highest BCUT2D eigenvalue weighted by Crippen LogP contribution is 2.30. The fourth-order valence-corrected chi connectivity index (χ4v) is 1.78. The van der Waals surface area contributed by atoms with Gasteiger partial charge in [0, 0.05) is 0 Å². The Kier molecular flexibility index (Phi) is 2.51. The zero-order valence-corrected chi connectivity index (χ0v) is 9.41. The molecule has 15 heavy (non-hydrogen) atoms. The number of hydrogen-bond acceptors (Lipinski definition) is 2. The van der Waals surface area contributed by atoms with Gasteiger partial charge >= 0.3 is 0 Å². The third kappa shape index (κ3) is 1.76. The molecule has 1 aliphatic heterocycles. The summed E-state index contributed by atoms with van der Waals surface area (Å²) in [6, 6.07) is 5.92. The van der Waals surface area contributed by atoms with E-state index in [-0.39, 0.29) is 11.7 Å².